The normalized spacial score (nSPS) is 16.6. The highest BCUT2D eigenvalue weighted by Gasteiger charge is 2.19. The molecule has 0 radical (unpaired) electrons. The van der Waals surface area contributed by atoms with Crippen molar-refractivity contribution in [1.29, 1.82) is 0 Å². The fourth-order valence-corrected chi connectivity index (χ4v) is 3.13. The topological polar surface area (TPSA) is 18.8 Å². The second-order valence-corrected chi connectivity index (χ2v) is 6.89. The second kappa shape index (κ2) is 9.43. The number of hydrogen-bond donors (Lipinski definition) is 0. The molecule has 0 spiro atoms. The molecule has 1 aliphatic rings. The van der Waals surface area contributed by atoms with Crippen LogP contribution in [-0.4, -0.2) is 36.7 Å². The zero-order chi connectivity index (χ0) is 20.0. The predicted octanol–water partition coefficient (Wildman–Crippen LogP) is 5.81. The van der Waals surface area contributed by atoms with Crippen LogP contribution in [-0.2, 0) is 0 Å². The molecule has 142 valence electrons. The molecule has 0 N–H and O–H groups in total. The summed E-state index contributed by atoms with van der Waals surface area (Å²) in [5.74, 6) is 0.863. The summed E-state index contributed by atoms with van der Waals surface area (Å²) in [6.45, 7) is 11.3. The van der Waals surface area contributed by atoms with Crippen LogP contribution < -0.4 is 0 Å². The lowest BCUT2D eigenvalue weighted by Crippen LogP contribution is -2.16. The van der Waals surface area contributed by atoms with Crippen LogP contribution in [0.2, 0.25) is 5.02 Å². The van der Waals surface area contributed by atoms with Crippen LogP contribution in [0.3, 0.4) is 0 Å². The number of nitrogens with zero attached hydrogens (tertiary/aromatic N) is 3. The van der Waals surface area contributed by atoms with Crippen molar-refractivity contribution in [3.63, 3.8) is 0 Å². The van der Waals surface area contributed by atoms with E-state index in [1.807, 2.05) is 42.4 Å². The van der Waals surface area contributed by atoms with Gasteiger partial charge in [-0.1, -0.05) is 36.4 Å². The van der Waals surface area contributed by atoms with Crippen molar-refractivity contribution in [2.45, 2.75) is 20.8 Å². The van der Waals surface area contributed by atoms with E-state index in [-0.39, 0.29) is 0 Å². The Labute approximate surface area is 168 Å². The van der Waals surface area contributed by atoms with Crippen LogP contribution in [0.5, 0.6) is 0 Å². The highest BCUT2D eigenvalue weighted by atomic mass is 35.5. The van der Waals surface area contributed by atoms with E-state index in [1.165, 1.54) is 5.56 Å². The Balaban J connectivity index is 2.74. The van der Waals surface area contributed by atoms with Gasteiger partial charge < -0.3 is 9.80 Å². The Hall–Kier alpha value is -2.52. The fraction of sp³-hybridized carbons (Fsp3) is 0.261. The fourth-order valence-electron chi connectivity index (χ4n) is 2.96. The summed E-state index contributed by atoms with van der Waals surface area (Å²) >= 11 is 6.31. The average molecular weight is 382 g/mol. The Kier molecular flexibility index (Phi) is 7.26. The lowest BCUT2D eigenvalue weighted by molar-refractivity contribution is 0.481. The standard InChI is InChI=1S/C23H28ClN3/c1-7-19(21-15-18(24)12-11-17(21)4)22(16-26(5)9-3)20(8-2)23-25-13-10-14-27(23)6/h7-8,10-16H,2,9H2,1,3-6H3/b19-7?,22-16+,23-20+. The number of hydrogen-bond acceptors (Lipinski definition) is 3. The van der Waals surface area contributed by atoms with E-state index in [0.29, 0.717) is 0 Å². The average Bonchev–Trinajstić information content (AvgIpc) is 2.66. The summed E-state index contributed by atoms with van der Waals surface area (Å²) in [4.78, 5) is 8.76. The number of aryl methyl sites for hydroxylation is 1. The number of rotatable bonds is 6. The molecule has 27 heavy (non-hydrogen) atoms. The SMILES string of the molecule is C=CC(=C1/N=CC=CN1C)/C(=C/N(C)CC)C(=CC)c1cc(Cl)ccc1C. The van der Waals surface area contributed by atoms with Gasteiger partial charge >= 0.3 is 0 Å². The molecule has 2 rings (SSSR count). The molecular weight excluding hydrogens is 354 g/mol. The molecule has 0 fully saturated rings. The first-order valence-electron chi connectivity index (χ1n) is 9.08. The largest absolute Gasteiger partial charge is 0.380 e. The quantitative estimate of drug-likeness (QED) is 0.578. The van der Waals surface area contributed by atoms with Crippen molar-refractivity contribution < 1.29 is 0 Å². The van der Waals surface area contributed by atoms with Gasteiger partial charge in [-0.2, -0.15) is 0 Å². The molecule has 1 aromatic carbocycles. The van der Waals surface area contributed by atoms with E-state index in [2.05, 4.69) is 62.6 Å². The molecule has 0 aliphatic carbocycles. The summed E-state index contributed by atoms with van der Waals surface area (Å²) < 4.78 is 0. The summed E-state index contributed by atoms with van der Waals surface area (Å²) in [7, 11) is 4.06. The van der Waals surface area contributed by atoms with Crippen LogP contribution in [0.4, 0.5) is 0 Å². The minimum absolute atomic E-state index is 0.724. The third-order valence-electron chi connectivity index (χ3n) is 4.58. The zero-order valence-electron chi connectivity index (χ0n) is 16.8. The van der Waals surface area contributed by atoms with Crippen molar-refractivity contribution in [1.82, 2.24) is 9.80 Å². The molecule has 0 amide bonds. The Morgan fingerprint density at radius 2 is 2.11 bits per heavy atom. The number of halogens is 1. The molecule has 0 unspecified atom stereocenters. The van der Waals surface area contributed by atoms with E-state index in [4.69, 9.17) is 11.6 Å². The van der Waals surface area contributed by atoms with Crippen molar-refractivity contribution in [2.24, 2.45) is 4.99 Å². The van der Waals surface area contributed by atoms with Gasteiger partial charge in [0.1, 0.15) is 5.82 Å². The van der Waals surface area contributed by atoms with Gasteiger partial charge in [0.25, 0.3) is 0 Å². The third-order valence-corrected chi connectivity index (χ3v) is 4.81. The highest BCUT2D eigenvalue weighted by Crippen LogP contribution is 2.35. The maximum Gasteiger partial charge on any atom is 0.140 e. The Bertz CT molecular complexity index is 856. The first-order valence-corrected chi connectivity index (χ1v) is 9.46. The van der Waals surface area contributed by atoms with E-state index in [1.54, 1.807) is 6.21 Å². The van der Waals surface area contributed by atoms with Crippen molar-refractivity contribution in [3.05, 3.63) is 88.5 Å². The van der Waals surface area contributed by atoms with Crippen molar-refractivity contribution >= 4 is 23.4 Å². The molecule has 0 atom stereocenters. The maximum absolute atomic E-state index is 6.31. The molecule has 0 saturated carbocycles. The molecule has 0 saturated heterocycles. The first-order chi connectivity index (χ1) is 12.9. The van der Waals surface area contributed by atoms with E-state index < -0.39 is 0 Å². The number of allylic oxidation sites excluding steroid dienone is 6. The minimum Gasteiger partial charge on any atom is -0.380 e. The number of aliphatic imine (C=N–C) groups is 1. The minimum atomic E-state index is 0.724. The van der Waals surface area contributed by atoms with Gasteiger partial charge in [0.2, 0.25) is 0 Å². The molecule has 1 heterocycles. The summed E-state index contributed by atoms with van der Waals surface area (Å²) in [6.07, 6.45) is 11.9. The van der Waals surface area contributed by atoms with Gasteiger partial charge in [0.15, 0.2) is 0 Å². The molecular formula is C23H28ClN3. The van der Waals surface area contributed by atoms with Gasteiger partial charge in [-0.25, -0.2) is 4.99 Å². The third kappa shape index (κ3) is 4.81. The van der Waals surface area contributed by atoms with E-state index >= 15 is 0 Å². The maximum atomic E-state index is 6.31. The van der Waals surface area contributed by atoms with Crippen LogP contribution in [0, 0.1) is 6.92 Å². The molecule has 0 aromatic heterocycles. The Morgan fingerprint density at radius 3 is 2.70 bits per heavy atom. The Morgan fingerprint density at radius 1 is 1.37 bits per heavy atom. The second-order valence-electron chi connectivity index (χ2n) is 6.45. The van der Waals surface area contributed by atoms with Crippen LogP contribution >= 0.6 is 11.6 Å². The zero-order valence-corrected chi connectivity index (χ0v) is 17.6. The molecule has 4 heteroatoms. The number of benzene rings is 1. The van der Waals surface area contributed by atoms with E-state index in [0.717, 1.165) is 39.7 Å². The molecule has 1 aliphatic heterocycles. The molecule has 3 nitrogen and oxygen atoms in total. The highest BCUT2D eigenvalue weighted by molar-refractivity contribution is 6.30. The summed E-state index contributed by atoms with van der Waals surface area (Å²) in [6, 6.07) is 5.99. The summed E-state index contributed by atoms with van der Waals surface area (Å²) in [5, 5.41) is 0.724. The van der Waals surface area contributed by atoms with Crippen molar-refractivity contribution in [2.75, 3.05) is 20.6 Å². The van der Waals surface area contributed by atoms with Gasteiger partial charge in [0, 0.05) is 55.4 Å². The smallest absolute Gasteiger partial charge is 0.140 e. The monoisotopic (exact) mass is 381 g/mol. The predicted molar refractivity (Wildman–Crippen MR) is 119 cm³/mol. The lowest BCUT2D eigenvalue weighted by Gasteiger charge is -2.25. The van der Waals surface area contributed by atoms with Gasteiger partial charge in [-0.15, -0.1) is 0 Å². The van der Waals surface area contributed by atoms with Gasteiger partial charge in [-0.05, 0) is 55.7 Å². The van der Waals surface area contributed by atoms with Crippen LogP contribution in [0.25, 0.3) is 5.57 Å². The van der Waals surface area contributed by atoms with Crippen LogP contribution in [0.15, 0.2) is 77.4 Å². The van der Waals surface area contributed by atoms with Gasteiger partial charge in [-0.3, -0.25) is 0 Å². The van der Waals surface area contributed by atoms with Crippen LogP contribution in [0.1, 0.15) is 25.0 Å². The van der Waals surface area contributed by atoms with E-state index in [9.17, 15) is 0 Å². The van der Waals surface area contributed by atoms with Gasteiger partial charge in [0.05, 0.1) is 0 Å². The lowest BCUT2D eigenvalue weighted by atomic mass is 9.89. The molecule has 0 bridgehead atoms. The van der Waals surface area contributed by atoms with Crippen molar-refractivity contribution in [3.8, 4) is 0 Å². The first kappa shape index (κ1) is 20.8. The molecule has 1 aromatic rings. The summed E-state index contributed by atoms with van der Waals surface area (Å²) in [5.41, 5.74) is 5.43.